The molecule has 0 aliphatic heterocycles. The van der Waals surface area contributed by atoms with Gasteiger partial charge in [-0.2, -0.15) is 0 Å². The largest absolute Gasteiger partial charge is 0.308 e. The lowest BCUT2D eigenvalue weighted by Gasteiger charge is -2.24. The molecule has 0 atom stereocenters. The van der Waals surface area contributed by atoms with E-state index in [1.807, 2.05) is 0 Å². The minimum Gasteiger partial charge on any atom is -0.308 e. The monoisotopic (exact) mass is 233 g/mol. The maximum atomic E-state index is 3.48. The van der Waals surface area contributed by atoms with Crippen LogP contribution in [0.5, 0.6) is 0 Å². The quantitative estimate of drug-likeness (QED) is 0.569. The van der Waals surface area contributed by atoms with Gasteiger partial charge in [-0.25, -0.2) is 0 Å². The molecule has 0 aromatic heterocycles. The minimum absolute atomic E-state index is 0.245. The lowest BCUT2D eigenvalue weighted by atomic mass is 10.0. The number of alkyl halides is 1. The molecule has 0 aliphatic rings. The van der Waals surface area contributed by atoms with E-state index in [0.717, 1.165) is 18.3 Å². The molecule has 72 valence electrons. The second kappa shape index (κ2) is 5.76. The van der Waals surface area contributed by atoms with E-state index < -0.39 is 0 Å². The van der Waals surface area contributed by atoms with Crippen molar-refractivity contribution in [1.82, 2.24) is 5.32 Å². The van der Waals surface area contributed by atoms with Crippen molar-refractivity contribution in [3.8, 4) is 0 Å². The second-order valence-corrected chi connectivity index (χ2v) is 4.78. The molecule has 0 aliphatic carbocycles. The summed E-state index contributed by atoms with van der Waals surface area (Å²) in [6.45, 7) is 9.68. The predicted molar refractivity (Wildman–Crippen MR) is 59.9 cm³/mol. The highest BCUT2D eigenvalue weighted by atomic mass is 79.9. The normalized spacial score (nSPS) is 11.4. The molecule has 0 saturated carbocycles. The number of hydrogen-bond donors (Lipinski definition) is 1. The summed E-state index contributed by atoms with van der Waals surface area (Å²) in [7, 11) is 0. The molecule has 0 heterocycles. The summed E-state index contributed by atoms with van der Waals surface area (Å²) in [6, 6.07) is 0. The molecule has 0 saturated heterocycles. The summed E-state index contributed by atoms with van der Waals surface area (Å²) in [5.41, 5.74) is 1.62. The van der Waals surface area contributed by atoms with E-state index in [2.05, 4.69) is 55.0 Å². The van der Waals surface area contributed by atoms with E-state index in [4.69, 9.17) is 0 Å². The van der Waals surface area contributed by atoms with Crippen LogP contribution in [0.3, 0.4) is 0 Å². The van der Waals surface area contributed by atoms with Crippen LogP contribution in [0.1, 0.15) is 34.1 Å². The maximum absolute atomic E-state index is 3.48. The summed E-state index contributed by atoms with van der Waals surface area (Å²) in [5.74, 6) is 0. The Morgan fingerprint density at radius 1 is 1.42 bits per heavy atom. The third-order valence-electron chi connectivity index (χ3n) is 1.81. The molecule has 0 aromatic carbocycles. The molecule has 2 heteroatoms. The van der Waals surface area contributed by atoms with Crippen molar-refractivity contribution in [2.24, 2.45) is 0 Å². The number of hydrogen-bond acceptors (Lipinski definition) is 1. The number of nitrogens with one attached hydrogen (secondary N) is 1. The average molecular weight is 234 g/mol. The van der Waals surface area contributed by atoms with Gasteiger partial charge in [-0.1, -0.05) is 27.6 Å². The van der Waals surface area contributed by atoms with Crippen LogP contribution in [-0.4, -0.2) is 17.4 Å². The van der Waals surface area contributed by atoms with Gasteiger partial charge in [0.15, 0.2) is 0 Å². The van der Waals surface area contributed by atoms with E-state index in [1.54, 1.807) is 0 Å². The second-order valence-electron chi connectivity index (χ2n) is 3.99. The Morgan fingerprint density at radius 3 is 2.42 bits per heavy atom. The van der Waals surface area contributed by atoms with Gasteiger partial charge in [0.2, 0.25) is 0 Å². The Kier molecular flexibility index (Phi) is 5.85. The molecule has 0 rings (SSSR count). The first-order valence-corrected chi connectivity index (χ1v) is 5.54. The summed E-state index contributed by atoms with van der Waals surface area (Å²) in [4.78, 5) is 0. The Hall–Kier alpha value is 0.180. The molecule has 0 fully saturated rings. The zero-order chi connectivity index (χ0) is 9.61. The van der Waals surface area contributed by atoms with Gasteiger partial charge in [-0.05, 0) is 34.1 Å². The van der Waals surface area contributed by atoms with E-state index in [-0.39, 0.29) is 5.54 Å². The van der Waals surface area contributed by atoms with Crippen LogP contribution in [0.15, 0.2) is 11.6 Å². The Morgan fingerprint density at radius 2 is 2.00 bits per heavy atom. The van der Waals surface area contributed by atoms with Gasteiger partial charge in [-0.3, -0.25) is 0 Å². The number of halogens is 1. The average Bonchev–Trinajstić information content (AvgIpc) is 1.85. The molecule has 1 nitrogen and oxygen atoms in total. The molecule has 12 heavy (non-hydrogen) atoms. The van der Waals surface area contributed by atoms with Crippen molar-refractivity contribution in [2.45, 2.75) is 39.7 Å². The summed E-state index contributed by atoms with van der Waals surface area (Å²) >= 11 is 3.45. The Labute approximate surface area is 84.8 Å². The topological polar surface area (TPSA) is 12.0 Å². The van der Waals surface area contributed by atoms with Crippen molar-refractivity contribution in [3.63, 3.8) is 0 Å². The lowest BCUT2D eigenvalue weighted by Crippen LogP contribution is -2.39. The van der Waals surface area contributed by atoms with E-state index in [0.29, 0.717) is 0 Å². The Balaban J connectivity index is 3.68. The highest BCUT2D eigenvalue weighted by Crippen LogP contribution is 2.09. The van der Waals surface area contributed by atoms with E-state index >= 15 is 0 Å². The van der Waals surface area contributed by atoms with Gasteiger partial charge >= 0.3 is 0 Å². The lowest BCUT2D eigenvalue weighted by molar-refractivity contribution is 0.398. The predicted octanol–water partition coefficient (Wildman–Crippen LogP) is 3.11. The zero-order valence-corrected chi connectivity index (χ0v) is 10.2. The van der Waals surface area contributed by atoms with Crippen LogP contribution >= 0.6 is 15.9 Å². The van der Waals surface area contributed by atoms with Gasteiger partial charge in [0, 0.05) is 17.4 Å². The highest BCUT2D eigenvalue weighted by Gasteiger charge is 2.13. The molecule has 0 radical (unpaired) electrons. The maximum Gasteiger partial charge on any atom is 0.0142 e. The van der Waals surface area contributed by atoms with E-state index in [9.17, 15) is 0 Å². The molecular formula is C10H20BrN. The molecule has 0 aromatic rings. The highest BCUT2D eigenvalue weighted by molar-refractivity contribution is 9.09. The fourth-order valence-electron chi connectivity index (χ4n) is 0.856. The molecule has 0 spiro atoms. The van der Waals surface area contributed by atoms with Crippen molar-refractivity contribution in [3.05, 3.63) is 11.6 Å². The third kappa shape index (κ3) is 6.86. The fraction of sp³-hybridized carbons (Fsp3) is 0.800. The molecule has 0 bridgehead atoms. The summed E-state index contributed by atoms with van der Waals surface area (Å²) < 4.78 is 0. The van der Waals surface area contributed by atoms with Crippen LogP contribution in [0.25, 0.3) is 0 Å². The van der Waals surface area contributed by atoms with Crippen molar-refractivity contribution in [1.29, 1.82) is 0 Å². The number of rotatable bonds is 5. The first kappa shape index (κ1) is 12.2. The first-order chi connectivity index (χ1) is 5.48. The SMILES string of the molecule is CC(C)=CCNC(C)(C)CCBr. The van der Waals surface area contributed by atoms with E-state index in [1.165, 1.54) is 5.57 Å². The zero-order valence-electron chi connectivity index (χ0n) is 8.58. The standard InChI is InChI=1S/C10H20BrN/c1-9(2)5-8-12-10(3,4)6-7-11/h5,12H,6-8H2,1-4H3. The van der Waals surface area contributed by atoms with Crippen LogP contribution in [0.4, 0.5) is 0 Å². The van der Waals surface area contributed by atoms with Crippen LogP contribution < -0.4 is 5.32 Å². The van der Waals surface area contributed by atoms with Crippen LogP contribution in [0.2, 0.25) is 0 Å². The number of allylic oxidation sites excluding steroid dienone is 1. The van der Waals surface area contributed by atoms with Gasteiger partial charge in [0.05, 0.1) is 0 Å². The fourth-order valence-corrected chi connectivity index (χ4v) is 1.85. The van der Waals surface area contributed by atoms with Gasteiger partial charge in [0.25, 0.3) is 0 Å². The van der Waals surface area contributed by atoms with Gasteiger partial charge in [-0.15, -0.1) is 0 Å². The molecule has 0 amide bonds. The van der Waals surface area contributed by atoms with Crippen LogP contribution in [-0.2, 0) is 0 Å². The first-order valence-electron chi connectivity index (χ1n) is 4.42. The summed E-state index contributed by atoms with van der Waals surface area (Å²) in [5, 5.41) is 4.54. The van der Waals surface area contributed by atoms with Crippen molar-refractivity contribution >= 4 is 15.9 Å². The third-order valence-corrected chi connectivity index (χ3v) is 2.21. The molecule has 0 unspecified atom stereocenters. The van der Waals surface area contributed by atoms with Gasteiger partial charge in [0.1, 0.15) is 0 Å². The van der Waals surface area contributed by atoms with Gasteiger partial charge < -0.3 is 5.32 Å². The van der Waals surface area contributed by atoms with Crippen LogP contribution in [0, 0.1) is 0 Å². The molecule has 1 N–H and O–H groups in total. The minimum atomic E-state index is 0.245. The van der Waals surface area contributed by atoms with Crippen molar-refractivity contribution < 1.29 is 0 Å². The molecular weight excluding hydrogens is 214 g/mol. The van der Waals surface area contributed by atoms with Crippen molar-refractivity contribution in [2.75, 3.05) is 11.9 Å². The smallest absolute Gasteiger partial charge is 0.0142 e. The Bertz CT molecular complexity index is 146. The summed E-state index contributed by atoms with van der Waals surface area (Å²) in [6.07, 6.45) is 3.37.